The average Bonchev–Trinajstić information content (AvgIpc) is 2.99. The van der Waals surface area contributed by atoms with Gasteiger partial charge in [-0.2, -0.15) is 0 Å². The lowest BCUT2D eigenvalue weighted by Crippen LogP contribution is -2.33. The predicted octanol–water partition coefficient (Wildman–Crippen LogP) is 13.4. The van der Waals surface area contributed by atoms with Gasteiger partial charge < -0.3 is 0 Å². The molecule has 0 aliphatic heterocycles. The van der Waals surface area contributed by atoms with Crippen LogP contribution in [0.4, 0.5) is 0 Å². The Morgan fingerprint density at radius 1 is 0.463 bits per heavy atom. The summed E-state index contributed by atoms with van der Waals surface area (Å²) in [7, 11) is 0. The van der Waals surface area contributed by atoms with Crippen LogP contribution in [0.25, 0.3) is 0 Å². The van der Waals surface area contributed by atoms with Gasteiger partial charge in [0.1, 0.15) is 6.54 Å². The highest BCUT2D eigenvalue weighted by molar-refractivity contribution is 5.05. The molecule has 0 saturated heterocycles. The van der Waals surface area contributed by atoms with Crippen LogP contribution in [0.15, 0.2) is 36.7 Å². The number of aryl methyl sites for hydroxylation is 2. The molecule has 0 aliphatic rings. The largest absolute Gasteiger partial charge is 0.205 e. The number of hydrogen-bond acceptors (Lipinski definition) is 0. The number of hydrogen-bond donors (Lipinski definition) is 0. The van der Waals surface area contributed by atoms with E-state index < -0.39 is 0 Å². The van der Waals surface area contributed by atoms with Crippen molar-refractivity contribution in [3.63, 3.8) is 0 Å². The van der Waals surface area contributed by atoms with E-state index in [0.29, 0.717) is 0 Å². The molecule has 1 aromatic rings. The highest BCUT2D eigenvalue weighted by atomic mass is 14.9. The van der Waals surface area contributed by atoms with Crippen LogP contribution in [0.5, 0.6) is 0 Å². The number of nitrogens with zero attached hydrogens (tertiary/aromatic N) is 1. The van der Waals surface area contributed by atoms with Crippen LogP contribution in [0.3, 0.4) is 0 Å². The maximum Gasteiger partial charge on any atom is 0.171 e. The number of aromatic nitrogens is 1. The number of pyridine rings is 1. The molecule has 0 aliphatic carbocycles. The molecule has 1 nitrogen and oxygen atoms in total. The minimum atomic E-state index is 1.19. The molecule has 1 aromatic heterocycles. The minimum Gasteiger partial charge on any atom is -0.205 e. The Kier molecular flexibility index (Phi) is 29.4. The summed E-state index contributed by atoms with van der Waals surface area (Å²) in [5, 5.41) is 0. The van der Waals surface area contributed by atoms with Gasteiger partial charge in [-0.15, -0.1) is 0 Å². The summed E-state index contributed by atoms with van der Waals surface area (Å²) >= 11 is 0. The van der Waals surface area contributed by atoms with Crippen LogP contribution in [-0.2, 0) is 13.0 Å². The van der Waals surface area contributed by atoms with Crippen LogP contribution < -0.4 is 4.57 Å². The second-order valence-electron chi connectivity index (χ2n) is 13.1. The molecule has 0 bridgehead atoms. The van der Waals surface area contributed by atoms with Gasteiger partial charge in [-0.1, -0.05) is 167 Å². The predicted molar refractivity (Wildman–Crippen MR) is 185 cm³/mol. The van der Waals surface area contributed by atoms with Crippen molar-refractivity contribution in [2.24, 2.45) is 0 Å². The van der Waals surface area contributed by atoms with Crippen molar-refractivity contribution >= 4 is 0 Å². The normalized spacial score (nSPS) is 11.7. The van der Waals surface area contributed by atoms with Crippen molar-refractivity contribution < 1.29 is 4.57 Å². The monoisotopic (exact) mass is 569 g/mol. The van der Waals surface area contributed by atoms with Crippen LogP contribution in [0.2, 0.25) is 0 Å². The van der Waals surface area contributed by atoms with Gasteiger partial charge in [0.25, 0.3) is 0 Å². The third-order valence-corrected chi connectivity index (χ3v) is 8.92. The molecule has 0 unspecified atom stereocenters. The first kappa shape index (κ1) is 37.9. The van der Waals surface area contributed by atoms with Gasteiger partial charge in [-0.3, -0.25) is 0 Å². The zero-order valence-electron chi connectivity index (χ0n) is 28.3. The van der Waals surface area contributed by atoms with E-state index >= 15 is 0 Å². The van der Waals surface area contributed by atoms with Gasteiger partial charge >= 0.3 is 0 Å². The molecule has 0 N–H and O–H groups in total. The van der Waals surface area contributed by atoms with E-state index in [1.807, 2.05) is 0 Å². The quantitative estimate of drug-likeness (QED) is 0.0462. The van der Waals surface area contributed by atoms with E-state index in [-0.39, 0.29) is 0 Å². The molecule has 0 amide bonds. The maximum absolute atomic E-state index is 2.44. The van der Waals surface area contributed by atoms with Crippen LogP contribution >= 0.6 is 0 Å². The molecule has 238 valence electrons. The van der Waals surface area contributed by atoms with Gasteiger partial charge in [-0.25, -0.2) is 4.57 Å². The highest BCUT2D eigenvalue weighted by Crippen LogP contribution is 2.14. The fourth-order valence-corrected chi connectivity index (χ4v) is 6.11. The van der Waals surface area contributed by atoms with Crippen LogP contribution in [0, 0.1) is 0 Å². The fraction of sp³-hybridized carbons (Fsp3) is 0.825. The molecular formula is C40H74N+. The third kappa shape index (κ3) is 27.5. The molecule has 0 radical (unpaired) electrons. The summed E-state index contributed by atoms with van der Waals surface area (Å²) in [5.74, 6) is 0. The SMILES string of the molecule is CCCCCCCC/C=C\CCCCCCCC[n+]1cccc(CCCCCCCCCCCCCCCCC)c1. The Morgan fingerprint density at radius 3 is 1.32 bits per heavy atom. The van der Waals surface area contributed by atoms with Crippen molar-refractivity contribution in [2.45, 2.75) is 213 Å². The first-order valence-corrected chi connectivity index (χ1v) is 19.0. The number of unbranched alkanes of at least 4 members (excludes halogenated alkanes) is 26. The summed E-state index contributed by atoms with van der Waals surface area (Å²) in [6.07, 6.45) is 51.8. The lowest BCUT2D eigenvalue weighted by atomic mass is 10.0. The molecule has 1 heteroatoms. The van der Waals surface area contributed by atoms with Crippen molar-refractivity contribution in [3.8, 4) is 0 Å². The third-order valence-electron chi connectivity index (χ3n) is 8.92. The summed E-state index contributed by atoms with van der Waals surface area (Å²) in [6.45, 7) is 5.79. The Bertz CT molecular complexity index is 663. The molecule has 0 spiro atoms. The summed E-state index contributed by atoms with van der Waals surface area (Å²) in [6, 6.07) is 4.60. The molecule has 0 fully saturated rings. The van der Waals surface area contributed by atoms with Gasteiger partial charge in [0.05, 0.1) is 0 Å². The molecular weight excluding hydrogens is 494 g/mol. The van der Waals surface area contributed by atoms with Gasteiger partial charge in [0.15, 0.2) is 12.4 Å². The van der Waals surface area contributed by atoms with E-state index in [0.717, 1.165) is 0 Å². The lowest BCUT2D eigenvalue weighted by molar-refractivity contribution is -0.697. The fourth-order valence-electron chi connectivity index (χ4n) is 6.11. The zero-order valence-corrected chi connectivity index (χ0v) is 28.3. The Labute approximate surface area is 259 Å². The number of allylic oxidation sites excluding steroid dienone is 2. The average molecular weight is 569 g/mol. The van der Waals surface area contributed by atoms with Crippen molar-refractivity contribution in [3.05, 3.63) is 42.2 Å². The second-order valence-corrected chi connectivity index (χ2v) is 13.1. The molecule has 0 saturated carbocycles. The standard InChI is InChI=1S/C40H74N/c1-3-5-7-9-11-13-15-17-19-21-23-25-27-29-31-33-37-41-38-34-36-40(39-41)35-32-30-28-26-24-22-20-18-16-14-12-10-8-6-4-2/h17,19,34,36,38-39H,3-16,18,20-33,35,37H2,1-2H3/q+1/b19-17-. The lowest BCUT2D eigenvalue weighted by Gasteiger charge is -2.04. The Morgan fingerprint density at radius 2 is 0.854 bits per heavy atom. The van der Waals surface area contributed by atoms with Crippen molar-refractivity contribution in [1.82, 2.24) is 0 Å². The smallest absolute Gasteiger partial charge is 0.171 e. The molecule has 41 heavy (non-hydrogen) atoms. The summed E-state index contributed by atoms with van der Waals surface area (Å²) in [4.78, 5) is 0. The van der Waals surface area contributed by atoms with E-state index in [2.05, 4.69) is 55.1 Å². The molecule has 1 heterocycles. The first-order chi connectivity index (χ1) is 20.4. The van der Waals surface area contributed by atoms with Gasteiger partial charge in [0.2, 0.25) is 0 Å². The van der Waals surface area contributed by atoms with Crippen LogP contribution in [0.1, 0.15) is 206 Å². The molecule has 0 atom stereocenters. The van der Waals surface area contributed by atoms with Gasteiger partial charge in [-0.05, 0) is 51.0 Å². The van der Waals surface area contributed by atoms with Gasteiger partial charge in [0, 0.05) is 18.1 Å². The Balaban J connectivity index is 1.88. The maximum atomic E-state index is 2.44. The Hall–Kier alpha value is -1.11. The number of rotatable bonds is 32. The van der Waals surface area contributed by atoms with E-state index in [1.54, 1.807) is 0 Å². The molecule has 1 rings (SSSR count). The topological polar surface area (TPSA) is 3.88 Å². The second kappa shape index (κ2) is 31.8. The minimum absolute atomic E-state index is 1.19. The van der Waals surface area contributed by atoms with Crippen molar-refractivity contribution in [1.29, 1.82) is 0 Å². The van der Waals surface area contributed by atoms with E-state index in [1.165, 1.54) is 205 Å². The summed E-state index contributed by atoms with van der Waals surface area (Å²) < 4.78 is 2.44. The molecule has 0 aromatic carbocycles. The first-order valence-electron chi connectivity index (χ1n) is 19.0. The van der Waals surface area contributed by atoms with E-state index in [4.69, 9.17) is 0 Å². The highest BCUT2D eigenvalue weighted by Gasteiger charge is 2.03. The van der Waals surface area contributed by atoms with Crippen molar-refractivity contribution in [2.75, 3.05) is 0 Å². The summed E-state index contributed by atoms with van der Waals surface area (Å²) in [5.41, 5.74) is 1.53. The zero-order chi connectivity index (χ0) is 29.3. The van der Waals surface area contributed by atoms with Crippen LogP contribution in [-0.4, -0.2) is 0 Å². The van der Waals surface area contributed by atoms with E-state index in [9.17, 15) is 0 Å².